The molecule has 4 rings (SSSR count). The van der Waals surface area contributed by atoms with Crippen molar-refractivity contribution >= 4 is 29.3 Å². The number of aryl methyl sites for hydroxylation is 2. The molecule has 0 bridgehead atoms. The van der Waals surface area contributed by atoms with Gasteiger partial charge in [0.15, 0.2) is 0 Å². The summed E-state index contributed by atoms with van der Waals surface area (Å²) < 4.78 is 1.71. The van der Waals surface area contributed by atoms with Crippen molar-refractivity contribution in [3.63, 3.8) is 0 Å². The van der Waals surface area contributed by atoms with Crippen LogP contribution in [0.2, 0.25) is 0 Å². The summed E-state index contributed by atoms with van der Waals surface area (Å²) >= 11 is 1.43. The van der Waals surface area contributed by atoms with Crippen molar-refractivity contribution in [3.05, 3.63) is 65.5 Å². The summed E-state index contributed by atoms with van der Waals surface area (Å²) in [5.74, 6) is 1.57. The Labute approximate surface area is 178 Å². The molecule has 0 aliphatic heterocycles. The molecular formula is C20H21N9S. The van der Waals surface area contributed by atoms with Crippen LogP contribution in [0.15, 0.2) is 53.7 Å². The highest BCUT2D eigenvalue weighted by atomic mass is 32.2. The van der Waals surface area contributed by atoms with Crippen molar-refractivity contribution in [2.75, 3.05) is 11.1 Å². The fourth-order valence-electron chi connectivity index (χ4n) is 2.98. The molecule has 0 spiro atoms. The highest BCUT2D eigenvalue weighted by Gasteiger charge is 2.13. The van der Waals surface area contributed by atoms with Crippen LogP contribution in [0.4, 0.5) is 17.6 Å². The van der Waals surface area contributed by atoms with Crippen molar-refractivity contribution in [1.29, 1.82) is 0 Å². The van der Waals surface area contributed by atoms with Gasteiger partial charge in [-0.15, -0.1) is 5.10 Å². The number of benzene rings is 2. The third-order valence-electron chi connectivity index (χ3n) is 4.46. The number of nitrogens with two attached hydrogens (primary N) is 1. The van der Waals surface area contributed by atoms with E-state index in [0.29, 0.717) is 22.7 Å². The van der Waals surface area contributed by atoms with E-state index in [2.05, 4.69) is 48.8 Å². The van der Waals surface area contributed by atoms with Gasteiger partial charge >= 0.3 is 0 Å². The Hall–Kier alpha value is -3.53. The van der Waals surface area contributed by atoms with Gasteiger partial charge in [-0.3, -0.25) is 0 Å². The number of anilines is 3. The zero-order chi connectivity index (χ0) is 20.9. The Morgan fingerprint density at radius 3 is 2.67 bits per heavy atom. The van der Waals surface area contributed by atoms with Crippen LogP contribution in [0.25, 0.3) is 5.69 Å². The normalized spacial score (nSPS) is 10.9. The number of hydrogen-bond acceptors (Lipinski definition) is 9. The van der Waals surface area contributed by atoms with E-state index in [0.717, 1.165) is 23.4 Å². The number of aromatic nitrogens is 7. The number of para-hydroxylation sites is 2. The fraction of sp³-hybridized carbons (Fsp3) is 0.200. The average molecular weight is 420 g/mol. The molecule has 9 nitrogen and oxygen atoms in total. The standard InChI is InChI=1S/C20H21N9S/c1-3-14-9-5-6-10-15(14)22-19-24-17(23-18(21)25-19)12-30-20-26-27-28-29(20)16-11-7-4-8-13(16)2/h4-11H,3,12H2,1-2H3,(H3,21,22,23,24,25). The number of tetrazole rings is 1. The van der Waals surface area contributed by atoms with Gasteiger partial charge in [0.25, 0.3) is 0 Å². The van der Waals surface area contributed by atoms with Crippen LogP contribution < -0.4 is 11.1 Å². The Morgan fingerprint density at radius 1 is 1.03 bits per heavy atom. The minimum absolute atomic E-state index is 0.163. The van der Waals surface area contributed by atoms with E-state index in [9.17, 15) is 0 Å². The fourth-order valence-corrected chi connectivity index (χ4v) is 3.72. The minimum Gasteiger partial charge on any atom is -0.368 e. The molecule has 152 valence electrons. The highest BCUT2D eigenvalue weighted by Crippen LogP contribution is 2.24. The summed E-state index contributed by atoms with van der Waals surface area (Å²) in [7, 11) is 0. The first-order chi connectivity index (χ1) is 14.6. The molecule has 10 heteroatoms. The lowest BCUT2D eigenvalue weighted by atomic mass is 10.1. The Balaban J connectivity index is 1.53. The molecule has 0 radical (unpaired) electrons. The van der Waals surface area contributed by atoms with Crippen molar-refractivity contribution in [1.82, 2.24) is 35.2 Å². The molecule has 3 N–H and O–H groups in total. The lowest BCUT2D eigenvalue weighted by molar-refractivity contribution is 0.751. The maximum atomic E-state index is 5.92. The predicted octanol–water partition coefficient (Wildman–Crippen LogP) is 3.34. The molecule has 0 saturated heterocycles. The number of thioether (sulfide) groups is 1. The third-order valence-corrected chi connectivity index (χ3v) is 5.37. The average Bonchev–Trinajstić information content (AvgIpc) is 3.21. The minimum atomic E-state index is 0.163. The number of nitrogen functional groups attached to an aromatic ring is 1. The Kier molecular flexibility index (Phi) is 5.84. The first kappa shape index (κ1) is 19.8. The number of nitrogens with zero attached hydrogens (tertiary/aromatic N) is 7. The number of hydrogen-bond donors (Lipinski definition) is 2. The third kappa shape index (κ3) is 4.38. The van der Waals surface area contributed by atoms with Gasteiger partial charge in [-0.05, 0) is 47.0 Å². The maximum absolute atomic E-state index is 5.92. The topological polar surface area (TPSA) is 120 Å². The van der Waals surface area contributed by atoms with E-state index in [4.69, 9.17) is 5.73 Å². The van der Waals surface area contributed by atoms with E-state index in [-0.39, 0.29) is 5.95 Å². The molecular weight excluding hydrogens is 398 g/mol. The summed E-state index contributed by atoms with van der Waals surface area (Å²) in [6.45, 7) is 4.12. The quantitative estimate of drug-likeness (QED) is 0.434. The van der Waals surface area contributed by atoms with E-state index in [1.54, 1.807) is 4.68 Å². The molecule has 2 aromatic carbocycles. The van der Waals surface area contributed by atoms with Gasteiger partial charge in [-0.25, -0.2) is 0 Å². The molecule has 0 atom stereocenters. The molecule has 0 fully saturated rings. The molecule has 2 aromatic heterocycles. The van der Waals surface area contributed by atoms with Crippen LogP contribution in [-0.4, -0.2) is 35.2 Å². The zero-order valence-electron chi connectivity index (χ0n) is 16.6. The number of nitrogens with one attached hydrogen (secondary N) is 1. The molecule has 0 aliphatic rings. The largest absolute Gasteiger partial charge is 0.368 e. The van der Waals surface area contributed by atoms with Crippen molar-refractivity contribution in [2.24, 2.45) is 0 Å². The second-order valence-electron chi connectivity index (χ2n) is 6.52. The van der Waals surface area contributed by atoms with Crippen molar-refractivity contribution in [3.8, 4) is 5.69 Å². The van der Waals surface area contributed by atoms with Crippen LogP contribution in [0.3, 0.4) is 0 Å². The Morgan fingerprint density at radius 2 is 1.83 bits per heavy atom. The van der Waals surface area contributed by atoms with Crippen LogP contribution >= 0.6 is 11.8 Å². The molecule has 0 amide bonds. The highest BCUT2D eigenvalue weighted by molar-refractivity contribution is 7.98. The second kappa shape index (κ2) is 8.87. The molecule has 0 saturated carbocycles. The van der Waals surface area contributed by atoms with E-state index in [1.807, 2.05) is 49.4 Å². The zero-order valence-corrected chi connectivity index (χ0v) is 17.5. The van der Waals surface area contributed by atoms with E-state index >= 15 is 0 Å². The van der Waals surface area contributed by atoms with Gasteiger partial charge in [0.05, 0.1) is 11.4 Å². The maximum Gasteiger partial charge on any atom is 0.232 e. The molecule has 0 unspecified atom stereocenters. The number of rotatable bonds is 7. The van der Waals surface area contributed by atoms with Gasteiger partial charge in [-0.1, -0.05) is 55.1 Å². The van der Waals surface area contributed by atoms with Gasteiger partial charge < -0.3 is 11.1 Å². The van der Waals surface area contributed by atoms with Crippen LogP contribution in [0.5, 0.6) is 0 Å². The second-order valence-corrected chi connectivity index (χ2v) is 7.46. The Bertz CT molecular complexity index is 1160. The van der Waals surface area contributed by atoms with Crippen LogP contribution in [-0.2, 0) is 12.2 Å². The smallest absolute Gasteiger partial charge is 0.232 e. The summed E-state index contributed by atoms with van der Waals surface area (Å²) in [5, 5.41) is 16.0. The first-order valence-corrected chi connectivity index (χ1v) is 10.4. The first-order valence-electron chi connectivity index (χ1n) is 9.46. The lowest BCUT2D eigenvalue weighted by Crippen LogP contribution is -2.08. The monoisotopic (exact) mass is 419 g/mol. The summed E-state index contributed by atoms with van der Waals surface area (Å²) in [4.78, 5) is 13.0. The summed E-state index contributed by atoms with van der Waals surface area (Å²) in [6, 6.07) is 16.0. The SMILES string of the molecule is CCc1ccccc1Nc1nc(N)nc(CSc2nnnn2-c2ccccc2C)n1. The van der Waals surface area contributed by atoms with E-state index < -0.39 is 0 Å². The van der Waals surface area contributed by atoms with Gasteiger partial charge in [-0.2, -0.15) is 19.6 Å². The van der Waals surface area contributed by atoms with Crippen LogP contribution in [0.1, 0.15) is 23.9 Å². The van der Waals surface area contributed by atoms with Crippen molar-refractivity contribution < 1.29 is 0 Å². The molecule has 2 heterocycles. The van der Waals surface area contributed by atoms with E-state index in [1.165, 1.54) is 17.3 Å². The van der Waals surface area contributed by atoms with Gasteiger partial charge in [0, 0.05) is 5.69 Å². The lowest BCUT2D eigenvalue weighted by Gasteiger charge is -2.10. The summed E-state index contributed by atoms with van der Waals surface area (Å²) in [5.41, 5.74) is 10.0. The predicted molar refractivity (Wildman–Crippen MR) is 117 cm³/mol. The molecule has 0 aliphatic carbocycles. The van der Waals surface area contributed by atoms with Crippen LogP contribution in [0, 0.1) is 6.92 Å². The molecule has 30 heavy (non-hydrogen) atoms. The summed E-state index contributed by atoms with van der Waals surface area (Å²) in [6.07, 6.45) is 0.897. The molecule has 4 aromatic rings. The van der Waals surface area contributed by atoms with Crippen molar-refractivity contribution in [2.45, 2.75) is 31.2 Å². The van der Waals surface area contributed by atoms with Gasteiger partial charge in [0.1, 0.15) is 5.82 Å². The van der Waals surface area contributed by atoms with Gasteiger partial charge in [0.2, 0.25) is 17.1 Å².